The first kappa shape index (κ1) is 17.0. The summed E-state index contributed by atoms with van der Waals surface area (Å²) in [4.78, 5) is 13.4. The normalized spacial score (nSPS) is 13.5. The molecular formula is C18H19NO3S2. The molecule has 2 aromatic carbocycles. The summed E-state index contributed by atoms with van der Waals surface area (Å²) in [5.41, 5.74) is 3.42. The van der Waals surface area contributed by atoms with Crippen molar-refractivity contribution in [2.75, 3.05) is 17.3 Å². The van der Waals surface area contributed by atoms with Crippen molar-refractivity contribution in [3.63, 3.8) is 0 Å². The van der Waals surface area contributed by atoms with Crippen LogP contribution in [0.5, 0.6) is 0 Å². The number of hydrogen-bond acceptors (Lipinski definition) is 4. The highest BCUT2D eigenvalue weighted by Gasteiger charge is 2.12. The Labute approximate surface area is 146 Å². The molecule has 4 nitrogen and oxygen atoms in total. The van der Waals surface area contributed by atoms with Gasteiger partial charge in [0.2, 0.25) is 5.91 Å². The Morgan fingerprint density at radius 2 is 1.79 bits per heavy atom. The number of sulfone groups is 1. The summed E-state index contributed by atoms with van der Waals surface area (Å²) in [5.74, 6) is 0.222. The fraction of sp³-hybridized carbons (Fsp3) is 0.278. The molecule has 0 bridgehead atoms. The van der Waals surface area contributed by atoms with Gasteiger partial charge in [-0.2, -0.15) is 0 Å². The zero-order valence-corrected chi connectivity index (χ0v) is 15.0. The summed E-state index contributed by atoms with van der Waals surface area (Å²) in [6, 6.07) is 12.6. The molecule has 0 aliphatic heterocycles. The van der Waals surface area contributed by atoms with E-state index in [4.69, 9.17) is 0 Å². The van der Waals surface area contributed by atoms with Crippen LogP contribution in [0.15, 0.2) is 52.3 Å². The molecule has 0 saturated carbocycles. The van der Waals surface area contributed by atoms with Crippen molar-refractivity contribution < 1.29 is 13.2 Å². The second-order valence-electron chi connectivity index (χ2n) is 5.92. The van der Waals surface area contributed by atoms with Crippen molar-refractivity contribution in [1.82, 2.24) is 0 Å². The Balaban J connectivity index is 1.56. The van der Waals surface area contributed by atoms with Crippen molar-refractivity contribution >= 4 is 33.2 Å². The van der Waals surface area contributed by atoms with E-state index in [0.29, 0.717) is 11.4 Å². The van der Waals surface area contributed by atoms with E-state index in [1.165, 1.54) is 41.4 Å². The fourth-order valence-electron chi connectivity index (χ4n) is 2.77. The van der Waals surface area contributed by atoms with Gasteiger partial charge in [-0.05, 0) is 66.8 Å². The van der Waals surface area contributed by atoms with Crippen LogP contribution in [0.3, 0.4) is 0 Å². The Hall–Kier alpha value is -1.79. The highest BCUT2D eigenvalue weighted by atomic mass is 32.2. The first-order valence-corrected chi connectivity index (χ1v) is 10.6. The van der Waals surface area contributed by atoms with E-state index in [9.17, 15) is 13.2 Å². The first-order chi connectivity index (χ1) is 11.4. The number of hydrogen-bond donors (Lipinski definition) is 1. The van der Waals surface area contributed by atoms with Crippen LogP contribution in [0.4, 0.5) is 5.69 Å². The number of benzene rings is 2. The Morgan fingerprint density at radius 1 is 1.08 bits per heavy atom. The molecule has 0 spiro atoms. The number of aryl methyl sites for hydroxylation is 2. The monoisotopic (exact) mass is 361 g/mol. The molecule has 0 aromatic heterocycles. The first-order valence-electron chi connectivity index (χ1n) is 7.76. The van der Waals surface area contributed by atoms with Crippen molar-refractivity contribution in [2.45, 2.75) is 29.1 Å². The Bertz CT molecular complexity index is 858. The molecule has 2 aromatic rings. The van der Waals surface area contributed by atoms with E-state index in [1.807, 2.05) is 0 Å². The lowest BCUT2D eigenvalue weighted by molar-refractivity contribution is -0.113. The van der Waals surface area contributed by atoms with Gasteiger partial charge in [0.25, 0.3) is 0 Å². The Morgan fingerprint density at radius 3 is 2.50 bits per heavy atom. The van der Waals surface area contributed by atoms with Crippen molar-refractivity contribution in [2.24, 2.45) is 0 Å². The molecule has 0 heterocycles. The molecule has 126 valence electrons. The van der Waals surface area contributed by atoms with Gasteiger partial charge in [-0.3, -0.25) is 4.79 Å². The predicted octanol–water partition coefficient (Wildman–Crippen LogP) is 3.31. The largest absolute Gasteiger partial charge is 0.325 e. The maximum absolute atomic E-state index is 12.1. The van der Waals surface area contributed by atoms with Crippen LogP contribution in [-0.4, -0.2) is 26.3 Å². The molecule has 1 aliphatic carbocycles. The summed E-state index contributed by atoms with van der Waals surface area (Å²) in [7, 11) is -3.22. The molecule has 0 unspecified atom stereocenters. The lowest BCUT2D eigenvalue weighted by Crippen LogP contribution is -2.14. The summed E-state index contributed by atoms with van der Waals surface area (Å²) in [6.07, 6.45) is 4.66. The van der Waals surface area contributed by atoms with Crippen molar-refractivity contribution in [1.29, 1.82) is 0 Å². The number of fused-ring (bicyclic) bond motifs is 1. The van der Waals surface area contributed by atoms with Gasteiger partial charge in [0.15, 0.2) is 9.84 Å². The zero-order valence-electron chi connectivity index (χ0n) is 13.4. The van der Waals surface area contributed by atoms with Gasteiger partial charge in [0, 0.05) is 16.8 Å². The number of thioether (sulfide) groups is 1. The smallest absolute Gasteiger partial charge is 0.234 e. The summed E-state index contributed by atoms with van der Waals surface area (Å²) in [5, 5.41) is 2.79. The van der Waals surface area contributed by atoms with Crippen LogP contribution in [0.1, 0.15) is 17.5 Å². The van der Waals surface area contributed by atoms with Crippen LogP contribution in [0.25, 0.3) is 0 Å². The third-order valence-corrected chi connectivity index (χ3v) is 6.13. The average molecular weight is 361 g/mol. The number of nitrogens with one attached hydrogen (secondary N) is 1. The number of anilines is 1. The number of rotatable bonds is 5. The zero-order chi connectivity index (χ0) is 17.2. The molecule has 0 atom stereocenters. The van der Waals surface area contributed by atoms with Gasteiger partial charge in [-0.1, -0.05) is 6.07 Å². The van der Waals surface area contributed by atoms with Crippen LogP contribution >= 0.6 is 11.8 Å². The minimum atomic E-state index is -3.22. The standard InChI is InChI=1S/C18H19NO3S2/c1-24(21,22)17-9-6-15(7-10-17)19-18(20)12-23-16-8-5-13-3-2-4-14(13)11-16/h5-11H,2-4,12H2,1H3,(H,19,20). The second kappa shape index (κ2) is 6.99. The van der Waals surface area contributed by atoms with Crippen LogP contribution in [-0.2, 0) is 27.5 Å². The van der Waals surface area contributed by atoms with Gasteiger partial charge in [-0.15, -0.1) is 11.8 Å². The molecule has 6 heteroatoms. The molecule has 24 heavy (non-hydrogen) atoms. The Kier molecular flexibility index (Phi) is 4.96. The molecule has 1 amide bonds. The lowest BCUT2D eigenvalue weighted by Gasteiger charge is -2.07. The molecular weight excluding hydrogens is 342 g/mol. The van der Waals surface area contributed by atoms with Gasteiger partial charge < -0.3 is 5.32 Å². The van der Waals surface area contributed by atoms with Crippen molar-refractivity contribution in [3.05, 3.63) is 53.6 Å². The lowest BCUT2D eigenvalue weighted by atomic mass is 10.1. The quantitative estimate of drug-likeness (QED) is 0.830. The maximum atomic E-state index is 12.1. The number of carbonyl (C=O) groups is 1. The van der Waals surface area contributed by atoms with E-state index in [2.05, 4.69) is 23.5 Å². The molecule has 0 radical (unpaired) electrons. The summed E-state index contributed by atoms with van der Waals surface area (Å²) in [6.45, 7) is 0. The maximum Gasteiger partial charge on any atom is 0.234 e. The van der Waals surface area contributed by atoms with E-state index in [-0.39, 0.29) is 10.8 Å². The summed E-state index contributed by atoms with van der Waals surface area (Å²) < 4.78 is 22.8. The van der Waals surface area contributed by atoms with Crippen LogP contribution in [0.2, 0.25) is 0 Å². The molecule has 1 N–H and O–H groups in total. The highest BCUT2D eigenvalue weighted by molar-refractivity contribution is 8.00. The van der Waals surface area contributed by atoms with Crippen LogP contribution in [0, 0.1) is 0 Å². The third-order valence-electron chi connectivity index (χ3n) is 4.01. The predicted molar refractivity (Wildman–Crippen MR) is 97.4 cm³/mol. The van der Waals surface area contributed by atoms with Gasteiger partial charge in [0.05, 0.1) is 10.6 Å². The minimum Gasteiger partial charge on any atom is -0.325 e. The van der Waals surface area contributed by atoms with E-state index < -0.39 is 9.84 Å². The van der Waals surface area contributed by atoms with Crippen LogP contribution < -0.4 is 5.32 Å². The van der Waals surface area contributed by atoms with E-state index >= 15 is 0 Å². The average Bonchev–Trinajstić information content (AvgIpc) is 3.00. The highest BCUT2D eigenvalue weighted by Crippen LogP contribution is 2.27. The molecule has 0 fully saturated rings. The minimum absolute atomic E-state index is 0.104. The topological polar surface area (TPSA) is 63.2 Å². The summed E-state index contributed by atoms with van der Waals surface area (Å²) >= 11 is 1.51. The number of amides is 1. The molecule has 0 saturated heterocycles. The van der Waals surface area contributed by atoms with Gasteiger partial charge >= 0.3 is 0 Å². The molecule has 1 aliphatic rings. The number of carbonyl (C=O) groups excluding carboxylic acids is 1. The fourth-order valence-corrected chi connectivity index (χ4v) is 4.16. The van der Waals surface area contributed by atoms with Gasteiger partial charge in [-0.25, -0.2) is 8.42 Å². The third kappa shape index (κ3) is 4.19. The van der Waals surface area contributed by atoms with Crippen molar-refractivity contribution in [3.8, 4) is 0 Å². The molecule has 3 rings (SSSR count). The van der Waals surface area contributed by atoms with Gasteiger partial charge in [0.1, 0.15) is 0 Å². The van der Waals surface area contributed by atoms with E-state index in [1.54, 1.807) is 12.1 Å². The second-order valence-corrected chi connectivity index (χ2v) is 8.98. The SMILES string of the molecule is CS(=O)(=O)c1ccc(NC(=O)CSc2ccc3c(c2)CCC3)cc1. The van der Waals surface area contributed by atoms with E-state index in [0.717, 1.165) is 24.0 Å².